The Hall–Kier alpha value is -2.40. The number of halogens is 2. The molecule has 1 amide bonds. The average molecular weight is 455 g/mol. The largest absolute Gasteiger partial charge is 0.346 e. The third-order valence-electron chi connectivity index (χ3n) is 3.80. The van der Waals surface area contributed by atoms with Gasteiger partial charge >= 0.3 is 0 Å². The number of thiophene rings is 1. The number of nitrogens with one attached hydrogen (secondary N) is 2. The van der Waals surface area contributed by atoms with Gasteiger partial charge in [-0.1, -0.05) is 11.6 Å². The number of sulfonamides is 1. The molecule has 0 saturated carbocycles. The maximum atomic E-state index is 13.2. The fraction of sp³-hybridized carbons (Fsp3) is 0.167. The van der Waals surface area contributed by atoms with Crippen molar-refractivity contribution in [1.29, 1.82) is 0 Å². The summed E-state index contributed by atoms with van der Waals surface area (Å²) in [6.45, 7) is 2.22. The van der Waals surface area contributed by atoms with Crippen LogP contribution in [0.4, 0.5) is 4.39 Å². The molecule has 11 heteroatoms. The van der Waals surface area contributed by atoms with Gasteiger partial charge in [-0.05, 0) is 37.3 Å². The SMILES string of the molecule is Cc1ccc(CNC(=O)c2cnc(CNS(=O)(=O)c3ccc(F)c(Cl)c3)cn2)s1. The molecule has 3 rings (SSSR count). The summed E-state index contributed by atoms with van der Waals surface area (Å²) in [4.78, 5) is 22.2. The highest BCUT2D eigenvalue weighted by Crippen LogP contribution is 2.19. The predicted octanol–water partition coefficient (Wildman–Crippen LogP) is 3.05. The molecule has 2 aromatic heterocycles. The Balaban J connectivity index is 1.58. The fourth-order valence-electron chi connectivity index (χ4n) is 2.30. The molecule has 0 spiro atoms. The van der Waals surface area contributed by atoms with Crippen LogP contribution in [0.25, 0.3) is 0 Å². The molecule has 0 atom stereocenters. The van der Waals surface area contributed by atoms with E-state index in [1.54, 1.807) is 11.3 Å². The molecule has 0 saturated heterocycles. The molecule has 0 aliphatic heterocycles. The number of carbonyl (C=O) groups excluding carboxylic acids is 1. The van der Waals surface area contributed by atoms with E-state index in [0.29, 0.717) is 12.2 Å². The standard InChI is InChI=1S/C18H16ClFN4O3S2/c1-11-2-3-13(28-11)9-23-18(25)17-10-21-12(7-22-17)8-24-29(26,27)14-4-5-16(20)15(19)6-14/h2-7,10,24H,8-9H2,1H3,(H,23,25). The van der Waals surface area contributed by atoms with Crippen LogP contribution < -0.4 is 10.0 Å². The summed E-state index contributed by atoms with van der Waals surface area (Å²) >= 11 is 7.21. The van der Waals surface area contributed by atoms with Crippen molar-refractivity contribution in [1.82, 2.24) is 20.0 Å². The van der Waals surface area contributed by atoms with Crippen molar-refractivity contribution >= 4 is 38.9 Å². The van der Waals surface area contributed by atoms with Gasteiger partial charge in [0.05, 0.1) is 41.1 Å². The number of benzene rings is 1. The zero-order valence-electron chi connectivity index (χ0n) is 15.1. The quantitative estimate of drug-likeness (QED) is 0.571. The molecule has 0 radical (unpaired) electrons. The minimum Gasteiger partial charge on any atom is -0.346 e. The van der Waals surface area contributed by atoms with Crippen molar-refractivity contribution in [3.05, 3.63) is 74.7 Å². The number of carbonyl (C=O) groups is 1. The van der Waals surface area contributed by atoms with Crippen molar-refractivity contribution in [3.8, 4) is 0 Å². The first-order valence-electron chi connectivity index (χ1n) is 8.34. The van der Waals surface area contributed by atoms with Gasteiger partial charge < -0.3 is 5.32 Å². The van der Waals surface area contributed by atoms with E-state index in [1.165, 1.54) is 12.4 Å². The maximum absolute atomic E-state index is 13.2. The van der Waals surface area contributed by atoms with Gasteiger partial charge in [0, 0.05) is 9.75 Å². The van der Waals surface area contributed by atoms with Crippen LogP contribution in [0, 0.1) is 12.7 Å². The molecule has 0 bridgehead atoms. The van der Waals surface area contributed by atoms with Gasteiger partial charge in [0.15, 0.2) is 0 Å². The van der Waals surface area contributed by atoms with E-state index < -0.39 is 15.8 Å². The van der Waals surface area contributed by atoms with Crippen LogP contribution in [0.1, 0.15) is 25.9 Å². The zero-order chi connectivity index (χ0) is 21.0. The lowest BCUT2D eigenvalue weighted by Gasteiger charge is -2.08. The molecule has 0 aliphatic carbocycles. The number of nitrogens with zero attached hydrogens (tertiary/aromatic N) is 2. The van der Waals surface area contributed by atoms with Gasteiger partial charge in [-0.15, -0.1) is 11.3 Å². The van der Waals surface area contributed by atoms with Gasteiger partial charge in [-0.3, -0.25) is 9.78 Å². The van der Waals surface area contributed by atoms with Crippen molar-refractivity contribution in [2.45, 2.75) is 24.9 Å². The van der Waals surface area contributed by atoms with Crippen molar-refractivity contribution in [2.75, 3.05) is 0 Å². The van der Waals surface area contributed by atoms with Gasteiger partial charge in [0.1, 0.15) is 11.5 Å². The molecular formula is C18H16ClFN4O3S2. The summed E-state index contributed by atoms with van der Waals surface area (Å²) in [6.07, 6.45) is 2.58. The van der Waals surface area contributed by atoms with E-state index in [0.717, 1.165) is 28.0 Å². The first kappa shape index (κ1) is 21.3. The first-order chi connectivity index (χ1) is 13.7. The van der Waals surface area contributed by atoms with Crippen molar-refractivity contribution < 1.29 is 17.6 Å². The predicted molar refractivity (Wildman–Crippen MR) is 108 cm³/mol. The lowest BCUT2D eigenvalue weighted by Crippen LogP contribution is -2.25. The van der Waals surface area contributed by atoms with Crippen LogP contribution in [-0.2, 0) is 23.1 Å². The van der Waals surface area contributed by atoms with E-state index in [-0.39, 0.29) is 28.1 Å². The Bertz CT molecular complexity index is 1130. The Morgan fingerprint density at radius 1 is 1.17 bits per heavy atom. The number of hydrogen-bond donors (Lipinski definition) is 2. The second kappa shape index (κ2) is 8.95. The van der Waals surface area contributed by atoms with Crippen LogP contribution in [0.15, 0.2) is 47.6 Å². The molecule has 3 aromatic rings. The second-order valence-corrected chi connectivity index (χ2v) is 9.54. The van der Waals surface area contributed by atoms with E-state index in [4.69, 9.17) is 11.6 Å². The summed E-state index contributed by atoms with van der Waals surface area (Å²) in [7, 11) is -3.91. The van der Waals surface area contributed by atoms with E-state index in [2.05, 4.69) is 20.0 Å². The highest BCUT2D eigenvalue weighted by Gasteiger charge is 2.16. The third-order valence-corrected chi connectivity index (χ3v) is 6.49. The summed E-state index contributed by atoms with van der Waals surface area (Å²) < 4.78 is 40.0. The van der Waals surface area contributed by atoms with Gasteiger partial charge in [-0.2, -0.15) is 0 Å². The number of aromatic nitrogens is 2. The lowest BCUT2D eigenvalue weighted by molar-refractivity contribution is 0.0946. The summed E-state index contributed by atoms with van der Waals surface area (Å²) in [5, 5.41) is 2.46. The summed E-state index contributed by atoms with van der Waals surface area (Å²) in [6, 6.07) is 7.02. The van der Waals surface area contributed by atoms with Crippen molar-refractivity contribution in [3.63, 3.8) is 0 Å². The maximum Gasteiger partial charge on any atom is 0.271 e. The van der Waals surface area contributed by atoms with E-state index in [1.807, 2.05) is 19.1 Å². The molecular weight excluding hydrogens is 439 g/mol. The Morgan fingerprint density at radius 2 is 1.97 bits per heavy atom. The number of aryl methyl sites for hydroxylation is 1. The van der Waals surface area contributed by atoms with Gasteiger partial charge in [0.25, 0.3) is 5.91 Å². The third kappa shape index (κ3) is 5.57. The summed E-state index contributed by atoms with van der Waals surface area (Å²) in [5.74, 6) is -1.09. The molecule has 1 aromatic carbocycles. The van der Waals surface area contributed by atoms with Crippen LogP contribution in [-0.4, -0.2) is 24.3 Å². The van der Waals surface area contributed by atoms with Crippen molar-refractivity contribution in [2.24, 2.45) is 0 Å². The van der Waals surface area contributed by atoms with Crippen LogP contribution in [0.3, 0.4) is 0 Å². The first-order valence-corrected chi connectivity index (χ1v) is 11.0. The normalized spacial score (nSPS) is 11.4. The Morgan fingerprint density at radius 3 is 2.59 bits per heavy atom. The van der Waals surface area contributed by atoms with Crippen LogP contribution >= 0.6 is 22.9 Å². The number of amides is 1. The molecule has 0 unspecified atom stereocenters. The van der Waals surface area contributed by atoms with Crippen LogP contribution in [0.2, 0.25) is 5.02 Å². The number of rotatable bonds is 7. The zero-order valence-corrected chi connectivity index (χ0v) is 17.5. The topological polar surface area (TPSA) is 101 Å². The smallest absolute Gasteiger partial charge is 0.271 e. The van der Waals surface area contributed by atoms with E-state index in [9.17, 15) is 17.6 Å². The fourth-order valence-corrected chi connectivity index (χ4v) is 4.40. The Labute approximate surface area is 176 Å². The average Bonchev–Trinajstić information content (AvgIpc) is 3.12. The molecule has 2 heterocycles. The Kier molecular flexibility index (Phi) is 6.58. The summed E-state index contributed by atoms with van der Waals surface area (Å²) in [5.41, 5.74) is 0.433. The second-order valence-electron chi connectivity index (χ2n) is 5.99. The monoisotopic (exact) mass is 454 g/mol. The molecule has 2 N–H and O–H groups in total. The minimum absolute atomic E-state index is 0.121. The van der Waals surface area contributed by atoms with Gasteiger partial charge in [0.2, 0.25) is 10.0 Å². The molecule has 7 nitrogen and oxygen atoms in total. The number of hydrogen-bond acceptors (Lipinski definition) is 6. The van der Waals surface area contributed by atoms with Crippen LogP contribution in [0.5, 0.6) is 0 Å². The minimum atomic E-state index is -3.91. The molecule has 152 valence electrons. The molecule has 0 aliphatic rings. The lowest BCUT2D eigenvalue weighted by atomic mass is 10.3. The van der Waals surface area contributed by atoms with E-state index >= 15 is 0 Å². The molecule has 29 heavy (non-hydrogen) atoms. The highest BCUT2D eigenvalue weighted by molar-refractivity contribution is 7.89. The highest BCUT2D eigenvalue weighted by atomic mass is 35.5. The van der Waals surface area contributed by atoms with Gasteiger partial charge in [-0.25, -0.2) is 22.5 Å². The molecule has 0 fully saturated rings.